The molecule has 0 N–H and O–H groups in total. The molecular formula is C14H9FN2O3. The van der Waals surface area contributed by atoms with Crippen LogP contribution in [0.25, 0.3) is 0 Å². The Morgan fingerprint density at radius 3 is 2.55 bits per heavy atom. The monoisotopic (exact) mass is 272 g/mol. The number of hydrogen-bond donors (Lipinski definition) is 0. The van der Waals surface area contributed by atoms with E-state index in [1.165, 1.54) is 36.4 Å². The zero-order valence-corrected chi connectivity index (χ0v) is 10.2. The van der Waals surface area contributed by atoms with Gasteiger partial charge in [-0.1, -0.05) is 12.1 Å². The van der Waals surface area contributed by atoms with Crippen LogP contribution in [0.3, 0.4) is 0 Å². The van der Waals surface area contributed by atoms with E-state index in [0.717, 1.165) is 6.07 Å². The number of halogens is 1. The number of nitro benzene ring substituents is 1. The van der Waals surface area contributed by atoms with E-state index in [2.05, 4.69) is 0 Å². The Hall–Kier alpha value is -2.94. The zero-order valence-electron chi connectivity index (χ0n) is 10.2. The molecule has 0 atom stereocenters. The highest BCUT2D eigenvalue weighted by Gasteiger charge is 2.16. The third-order valence-electron chi connectivity index (χ3n) is 2.59. The molecule has 5 nitrogen and oxygen atoms in total. The molecule has 0 radical (unpaired) electrons. The Morgan fingerprint density at radius 2 is 1.95 bits per heavy atom. The van der Waals surface area contributed by atoms with Crippen LogP contribution in [0.5, 0.6) is 5.75 Å². The van der Waals surface area contributed by atoms with Gasteiger partial charge >= 0.3 is 5.69 Å². The Labute approximate surface area is 114 Å². The highest BCUT2D eigenvalue weighted by molar-refractivity contribution is 5.51. The fourth-order valence-electron chi connectivity index (χ4n) is 1.59. The molecule has 0 aliphatic heterocycles. The Bertz CT molecular complexity index is 678. The molecule has 2 rings (SSSR count). The lowest BCUT2D eigenvalue weighted by atomic mass is 10.2. The van der Waals surface area contributed by atoms with Crippen LogP contribution in [-0.4, -0.2) is 4.92 Å². The molecule has 6 heteroatoms. The molecule has 0 bridgehead atoms. The molecule has 0 saturated heterocycles. The second kappa shape index (κ2) is 5.80. The van der Waals surface area contributed by atoms with Gasteiger partial charge in [0.05, 0.1) is 16.6 Å². The average Bonchev–Trinajstić information content (AvgIpc) is 2.46. The summed E-state index contributed by atoms with van der Waals surface area (Å²) in [4.78, 5) is 10.3. The number of nitriles is 1. The molecule has 0 spiro atoms. The van der Waals surface area contributed by atoms with Crippen molar-refractivity contribution in [2.75, 3.05) is 0 Å². The van der Waals surface area contributed by atoms with E-state index in [9.17, 15) is 14.5 Å². The van der Waals surface area contributed by atoms with Gasteiger partial charge in [-0.2, -0.15) is 5.26 Å². The van der Waals surface area contributed by atoms with Gasteiger partial charge in [-0.15, -0.1) is 0 Å². The molecule has 0 heterocycles. The highest BCUT2D eigenvalue weighted by Crippen LogP contribution is 2.28. The van der Waals surface area contributed by atoms with Crippen LogP contribution in [0.15, 0.2) is 42.5 Å². The third-order valence-corrected chi connectivity index (χ3v) is 2.59. The topological polar surface area (TPSA) is 76.2 Å². The summed E-state index contributed by atoms with van der Waals surface area (Å²) in [6.45, 7) is 0.0764. The highest BCUT2D eigenvalue weighted by atomic mass is 19.1. The summed E-state index contributed by atoms with van der Waals surface area (Å²) in [5.74, 6) is -0.295. The molecule has 0 aliphatic carbocycles. The summed E-state index contributed by atoms with van der Waals surface area (Å²) >= 11 is 0. The molecule has 0 amide bonds. The molecule has 20 heavy (non-hydrogen) atoms. The average molecular weight is 272 g/mol. The lowest BCUT2D eigenvalue weighted by Gasteiger charge is -2.07. The van der Waals surface area contributed by atoms with E-state index >= 15 is 0 Å². The Kier molecular flexibility index (Phi) is 3.91. The van der Waals surface area contributed by atoms with Gasteiger partial charge in [0.15, 0.2) is 5.75 Å². The van der Waals surface area contributed by atoms with Crippen LogP contribution < -0.4 is 4.74 Å². The van der Waals surface area contributed by atoms with E-state index in [-0.39, 0.29) is 29.4 Å². The van der Waals surface area contributed by atoms with Crippen molar-refractivity contribution in [2.45, 2.75) is 6.61 Å². The van der Waals surface area contributed by atoms with Crippen molar-refractivity contribution in [1.29, 1.82) is 5.26 Å². The van der Waals surface area contributed by atoms with Gasteiger partial charge in [0.1, 0.15) is 12.4 Å². The molecule has 0 fully saturated rings. The molecular weight excluding hydrogens is 263 g/mol. The van der Waals surface area contributed by atoms with Gasteiger partial charge in [-0.05, 0) is 29.8 Å². The summed E-state index contributed by atoms with van der Waals surface area (Å²) in [5, 5.41) is 19.6. The number of nitrogens with zero attached hydrogens (tertiary/aromatic N) is 2. The standard InChI is InChI=1S/C14H9FN2O3/c15-12-4-1-10(2-5-12)9-20-14-6-3-11(8-16)7-13(14)17(18)19/h1-7H,9H2. The first kappa shape index (κ1) is 13.5. The third kappa shape index (κ3) is 3.09. The number of nitro groups is 1. The molecule has 0 saturated carbocycles. The molecule has 2 aromatic rings. The number of hydrogen-bond acceptors (Lipinski definition) is 4. The van der Waals surface area contributed by atoms with Crippen molar-refractivity contribution in [3.05, 3.63) is 69.5 Å². The summed E-state index contributed by atoms with van der Waals surface area (Å²) in [7, 11) is 0. The van der Waals surface area contributed by atoms with Crippen molar-refractivity contribution >= 4 is 5.69 Å². The molecule has 0 aliphatic rings. The van der Waals surface area contributed by atoms with Crippen LogP contribution in [0.4, 0.5) is 10.1 Å². The summed E-state index contributed by atoms with van der Waals surface area (Å²) in [5.41, 5.74) is 0.599. The minimum absolute atomic E-state index is 0.0679. The minimum Gasteiger partial charge on any atom is -0.482 e. The first-order valence-corrected chi connectivity index (χ1v) is 5.66. The second-order valence-corrected chi connectivity index (χ2v) is 3.97. The smallest absolute Gasteiger partial charge is 0.312 e. The SMILES string of the molecule is N#Cc1ccc(OCc2ccc(F)cc2)c([N+](=O)[O-])c1. The van der Waals surface area contributed by atoms with Crippen LogP contribution in [-0.2, 0) is 6.61 Å². The second-order valence-electron chi connectivity index (χ2n) is 3.97. The van der Waals surface area contributed by atoms with E-state index in [1.807, 2.05) is 6.07 Å². The summed E-state index contributed by atoms with van der Waals surface area (Å²) in [6, 6.07) is 11.4. The quantitative estimate of drug-likeness (QED) is 0.632. The lowest BCUT2D eigenvalue weighted by Crippen LogP contribution is -1.99. The van der Waals surface area contributed by atoms with Crippen LogP contribution in [0.1, 0.15) is 11.1 Å². The van der Waals surface area contributed by atoms with Crippen molar-refractivity contribution < 1.29 is 14.1 Å². The van der Waals surface area contributed by atoms with Gasteiger partial charge in [-0.25, -0.2) is 4.39 Å². The number of rotatable bonds is 4. The first-order chi connectivity index (χ1) is 9.60. The molecule has 0 unspecified atom stereocenters. The maximum atomic E-state index is 12.7. The van der Waals surface area contributed by atoms with Gasteiger partial charge in [0.25, 0.3) is 0 Å². The first-order valence-electron chi connectivity index (χ1n) is 5.66. The van der Waals surface area contributed by atoms with E-state index < -0.39 is 4.92 Å². The number of benzene rings is 2. The van der Waals surface area contributed by atoms with E-state index in [0.29, 0.717) is 5.56 Å². The number of ether oxygens (including phenoxy) is 1. The predicted octanol–water partition coefficient (Wildman–Crippen LogP) is 3.18. The van der Waals surface area contributed by atoms with Crippen molar-refractivity contribution in [3.63, 3.8) is 0 Å². The van der Waals surface area contributed by atoms with Crippen LogP contribution in [0, 0.1) is 27.3 Å². The van der Waals surface area contributed by atoms with Crippen molar-refractivity contribution in [3.8, 4) is 11.8 Å². The Balaban J connectivity index is 2.19. The molecule has 0 aromatic heterocycles. The van der Waals surface area contributed by atoms with Crippen molar-refractivity contribution in [1.82, 2.24) is 0 Å². The summed E-state index contributed by atoms with van der Waals surface area (Å²) < 4.78 is 18.1. The normalized spacial score (nSPS) is 9.80. The fraction of sp³-hybridized carbons (Fsp3) is 0.0714. The minimum atomic E-state index is -0.610. The molecule has 2 aromatic carbocycles. The maximum absolute atomic E-state index is 12.7. The van der Waals surface area contributed by atoms with Crippen LogP contribution in [0.2, 0.25) is 0 Å². The lowest BCUT2D eigenvalue weighted by molar-refractivity contribution is -0.386. The predicted molar refractivity (Wildman–Crippen MR) is 68.5 cm³/mol. The van der Waals surface area contributed by atoms with E-state index in [4.69, 9.17) is 10.00 Å². The summed E-state index contributed by atoms with van der Waals surface area (Å²) in [6.07, 6.45) is 0. The van der Waals surface area contributed by atoms with E-state index in [1.54, 1.807) is 0 Å². The van der Waals surface area contributed by atoms with Crippen molar-refractivity contribution in [2.24, 2.45) is 0 Å². The largest absolute Gasteiger partial charge is 0.482 e. The maximum Gasteiger partial charge on any atom is 0.312 e. The van der Waals surface area contributed by atoms with Gasteiger partial charge < -0.3 is 4.74 Å². The Morgan fingerprint density at radius 1 is 1.25 bits per heavy atom. The van der Waals surface area contributed by atoms with Gasteiger partial charge in [0, 0.05) is 6.07 Å². The van der Waals surface area contributed by atoms with Gasteiger partial charge in [-0.3, -0.25) is 10.1 Å². The molecule has 100 valence electrons. The van der Waals surface area contributed by atoms with Crippen LogP contribution >= 0.6 is 0 Å². The van der Waals surface area contributed by atoms with Gasteiger partial charge in [0.2, 0.25) is 0 Å². The fourth-order valence-corrected chi connectivity index (χ4v) is 1.59. The zero-order chi connectivity index (χ0) is 14.5.